The van der Waals surface area contributed by atoms with Gasteiger partial charge in [-0.2, -0.15) is 0 Å². The van der Waals surface area contributed by atoms with E-state index in [1.54, 1.807) is 0 Å². The molecule has 2 N–H and O–H groups in total. The van der Waals surface area contributed by atoms with Crippen molar-refractivity contribution in [3.05, 3.63) is 168 Å². The minimum Gasteiger partial charge on any atom is -0.391 e. The third kappa shape index (κ3) is 9.57. The SMILES string of the molecule is C/C=C(/C/C=C(\C=C/C(C)NCC)c1ccc(N(/C(C)=C/C=C(\C)c2ccccc2)c2ccc(-c3ccccc3)cc2)cc1)NC. The number of nitrogens with one attached hydrogen (secondary N) is 2. The third-order valence-electron chi connectivity index (χ3n) is 8.15. The van der Waals surface area contributed by atoms with Crippen LogP contribution in [0.5, 0.6) is 0 Å². The number of hydrogen-bond donors (Lipinski definition) is 2. The molecule has 0 spiro atoms. The van der Waals surface area contributed by atoms with Crippen molar-refractivity contribution in [1.29, 1.82) is 0 Å². The summed E-state index contributed by atoms with van der Waals surface area (Å²) in [6.45, 7) is 11.7. The first-order chi connectivity index (χ1) is 22.4. The van der Waals surface area contributed by atoms with E-state index in [2.05, 4.69) is 196 Å². The van der Waals surface area contributed by atoms with Crippen LogP contribution in [0.3, 0.4) is 0 Å². The Balaban J connectivity index is 1.72. The number of anilines is 2. The van der Waals surface area contributed by atoms with Gasteiger partial charge in [0, 0.05) is 42.3 Å². The molecule has 0 saturated heterocycles. The molecule has 4 aromatic carbocycles. The number of rotatable bonds is 14. The van der Waals surface area contributed by atoms with Crippen LogP contribution in [-0.2, 0) is 0 Å². The molecule has 236 valence electrons. The van der Waals surface area contributed by atoms with Gasteiger partial charge in [0.2, 0.25) is 0 Å². The fraction of sp³-hybridized carbons (Fsp3) is 0.209. The summed E-state index contributed by atoms with van der Waals surface area (Å²) in [5, 5.41) is 6.79. The Hall–Kier alpha value is -4.86. The fourth-order valence-corrected chi connectivity index (χ4v) is 5.41. The Kier molecular flexibility index (Phi) is 13.0. The Bertz CT molecular complexity index is 1660. The molecular formula is C43H49N3. The van der Waals surface area contributed by atoms with Crippen molar-refractivity contribution in [3.8, 4) is 11.1 Å². The highest BCUT2D eigenvalue weighted by Crippen LogP contribution is 2.33. The lowest BCUT2D eigenvalue weighted by molar-refractivity contribution is 0.661. The van der Waals surface area contributed by atoms with Crippen LogP contribution < -0.4 is 15.5 Å². The van der Waals surface area contributed by atoms with Gasteiger partial charge in [-0.15, -0.1) is 0 Å². The molecule has 0 radical (unpaired) electrons. The summed E-state index contributed by atoms with van der Waals surface area (Å²) in [7, 11) is 1.98. The lowest BCUT2D eigenvalue weighted by atomic mass is 10.0. The van der Waals surface area contributed by atoms with Gasteiger partial charge in [-0.25, -0.2) is 0 Å². The van der Waals surface area contributed by atoms with Gasteiger partial charge in [-0.1, -0.05) is 122 Å². The zero-order valence-corrected chi connectivity index (χ0v) is 28.3. The molecule has 0 aliphatic heterocycles. The average molecular weight is 608 g/mol. The van der Waals surface area contributed by atoms with Crippen molar-refractivity contribution < 1.29 is 0 Å². The van der Waals surface area contributed by atoms with E-state index in [9.17, 15) is 0 Å². The molecule has 46 heavy (non-hydrogen) atoms. The summed E-state index contributed by atoms with van der Waals surface area (Å²) >= 11 is 0. The highest BCUT2D eigenvalue weighted by Gasteiger charge is 2.13. The Morgan fingerprint density at radius 1 is 0.739 bits per heavy atom. The molecular weight excluding hydrogens is 558 g/mol. The number of likely N-dealkylation sites (N-methyl/N-ethyl adjacent to an activating group) is 1. The molecule has 0 saturated carbocycles. The summed E-state index contributed by atoms with van der Waals surface area (Å²) in [6, 6.07) is 39.2. The maximum atomic E-state index is 3.48. The van der Waals surface area contributed by atoms with Gasteiger partial charge in [0.05, 0.1) is 0 Å². The van der Waals surface area contributed by atoms with Gasteiger partial charge < -0.3 is 15.5 Å². The fourth-order valence-electron chi connectivity index (χ4n) is 5.41. The molecule has 3 nitrogen and oxygen atoms in total. The molecule has 1 unspecified atom stereocenters. The van der Waals surface area contributed by atoms with E-state index in [0.717, 1.165) is 30.0 Å². The third-order valence-corrected chi connectivity index (χ3v) is 8.15. The first kappa shape index (κ1) is 34.0. The van der Waals surface area contributed by atoms with Crippen molar-refractivity contribution in [3.63, 3.8) is 0 Å². The van der Waals surface area contributed by atoms with E-state index < -0.39 is 0 Å². The van der Waals surface area contributed by atoms with E-state index in [0.29, 0.717) is 6.04 Å². The second kappa shape index (κ2) is 17.6. The lowest BCUT2D eigenvalue weighted by Crippen LogP contribution is -2.22. The predicted molar refractivity (Wildman–Crippen MR) is 202 cm³/mol. The highest BCUT2D eigenvalue weighted by molar-refractivity contribution is 5.78. The summed E-state index contributed by atoms with van der Waals surface area (Å²) in [6.07, 6.45) is 14.2. The zero-order valence-electron chi connectivity index (χ0n) is 28.3. The van der Waals surface area contributed by atoms with Gasteiger partial charge in [-0.05, 0) is 98.0 Å². The Labute approximate surface area is 277 Å². The molecule has 1 atom stereocenters. The monoisotopic (exact) mass is 607 g/mol. The van der Waals surface area contributed by atoms with Gasteiger partial charge in [0.1, 0.15) is 0 Å². The largest absolute Gasteiger partial charge is 0.391 e. The van der Waals surface area contributed by atoms with Crippen molar-refractivity contribution in [2.45, 2.75) is 47.1 Å². The smallest absolute Gasteiger partial charge is 0.0458 e. The molecule has 3 heteroatoms. The van der Waals surface area contributed by atoms with Crippen LogP contribution in [-0.4, -0.2) is 19.6 Å². The lowest BCUT2D eigenvalue weighted by Gasteiger charge is -2.26. The summed E-state index contributed by atoms with van der Waals surface area (Å²) in [5.41, 5.74) is 11.8. The van der Waals surface area contributed by atoms with Gasteiger partial charge in [0.25, 0.3) is 0 Å². The molecule has 4 rings (SSSR count). The summed E-state index contributed by atoms with van der Waals surface area (Å²) in [5.74, 6) is 0. The Morgan fingerprint density at radius 3 is 1.91 bits per heavy atom. The first-order valence-electron chi connectivity index (χ1n) is 16.3. The van der Waals surface area contributed by atoms with Crippen molar-refractivity contribution in [2.75, 3.05) is 18.5 Å². The second-order valence-corrected chi connectivity index (χ2v) is 11.5. The molecule has 0 fully saturated rings. The summed E-state index contributed by atoms with van der Waals surface area (Å²) in [4.78, 5) is 2.33. The predicted octanol–water partition coefficient (Wildman–Crippen LogP) is 10.9. The van der Waals surface area contributed by atoms with Crippen molar-refractivity contribution in [1.82, 2.24) is 10.6 Å². The van der Waals surface area contributed by atoms with E-state index in [1.807, 2.05) is 7.05 Å². The molecule has 0 aliphatic rings. The van der Waals surface area contributed by atoms with E-state index >= 15 is 0 Å². The quantitative estimate of drug-likeness (QED) is 0.140. The van der Waals surface area contributed by atoms with Crippen LogP contribution in [0.4, 0.5) is 11.4 Å². The number of benzene rings is 4. The van der Waals surface area contributed by atoms with Gasteiger partial charge in [-0.3, -0.25) is 0 Å². The number of nitrogens with zero attached hydrogens (tertiary/aromatic N) is 1. The van der Waals surface area contributed by atoms with Crippen molar-refractivity contribution >= 4 is 22.5 Å². The number of hydrogen-bond acceptors (Lipinski definition) is 3. The zero-order chi connectivity index (χ0) is 32.7. The maximum absolute atomic E-state index is 3.48. The molecule has 0 aliphatic carbocycles. The van der Waals surface area contributed by atoms with Crippen LogP contribution in [0.2, 0.25) is 0 Å². The van der Waals surface area contributed by atoms with Gasteiger partial charge in [0.15, 0.2) is 0 Å². The minimum atomic E-state index is 0.299. The maximum Gasteiger partial charge on any atom is 0.0458 e. The normalized spacial score (nSPS) is 13.6. The minimum absolute atomic E-state index is 0.299. The van der Waals surface area contributed by atoms with Gasteiger partial charge >= 0.3 is 0 Å². The van der Waals surface area contributed by atoms with Crippen LogP contribution in [0.15, 0.2) is 157 Å². The highest BCUT2D eigenvalue weighted by atomic mass is 15.1. The first-order valence-corrected chi connectivity index (χ1v) is 16.3. The van der Waals surface area contributed by atoms with Crippen LogP contribution in [0.25, 0.3) is 22.3 Å². The summed E-state index contributed by atoms with van der Waals surface area (Å²) < 4.78 is 0. The van der Waals surface area contributed by atoms with Crippen LogP contribution in [0.1, 0.15) is 52.2 Å². The number of allylic oxidation sites excluding steroid dienone is 8. The second-order valence-electron chi connectivity index (χ2n) is 11.5. The van der Waals surface area contributed by atoms with E-state index in [1.165, 1.54) is 39.1 Å². The molecule has 0 heterocycles. The van der Waals surface area contributed by atoms with E-state index in [4.69, 9.17) is 0 Å². The topological polar surface area (TPSA) is 27.3 Å². The molecule has 0 amide bonds. The van der Waals surface area contributed by atoms with Crippen molar-refractivity contribution in [2.24, 2.45) is 0 Å². The standard InChI is InChI=1S/C43H49N3/c1-7-41(44-6)28-23-38(22-20-34(4)45-8-2)40-26-31-43(32-27-40)46(35(5)21-19-33(3)36-15-11-9-12-16-36)42-29-24-39(25-30-42)37-17-13-10-14-18-37/h7,9-27,29-32,34,44-45H,8,28H2,1-6H3/b22-20-,33-19+,35-21+,38-23+,41-7-. The molecule has 4 aromatic rings. The average Bonchev–Trinajstić information content (AvgIpc) is 3.10. The van der Waals surface area contributed by atoms with Crippen LogP contribution in [0, 0.1) is 0 Å². The van der Waals surface area contributed by atoms with Crippen LogP contribution >= 0.6 is 0 Å². The Morgan fingerprint density at radius 2 is 1.33 bits per heavy atom. The molecule has 0 aromatic heterocycles. The van der Waals surface area contributed by atoms with E-state index in [-0.39, 0.29) is 0 Å². The molecule has 0 bridgehead atoms.